The third-order valence-corrected chi connectivity index (χ3v) is 6.60. The van der Waals surface area contributed by atoms with Gasteiger partial charge in [-0.25, -0.2) is 12.8 Å². The molecule has 1 atom stereocenters. The van der Waals surface area contributed by atoms with E-state index in [1.807, 2.05) is 6.92 Å². The van der Waals surface area contributed by atoms with E-state index in [1.54, 1.807) is 30.3 Å². The van der Waals surface area contributed by atoms with Gasteiger partial charge in [-0.15, -0.1) is 0 Å². The highest BCUT2D eigenvalue weighted by atomic mass is 35.5. The summed E-state index contributed by atoms with van der Waals surface area (Å²) in [6, 6.07) is 11.9. The fourth-order valence-electron chi connectivity index (χ4n) is 3.51. The maximum Gasteiger partial charge on any atom is 0.242 e. The molecular weight excluding hydrogens is 469 g/mol. The van der Waals surface area contributed by atoms with Gasteiger partial charge >= 0.3 is 0 Å². The minimum absolute atomic E-state index is 0.0123. The highest BCUT2D eigenvalue weighted by Crippen LogP contribution is 2.22. The number of amides is 2. The van der Waals surface area contributed by atoms with Crippen molar-refractivity contribution in [3.8, 4) is 0 Å². The first-order valence-electron chi connectivity index (χ1n) is 10.6. The first-order valence-corrected chi connectivity index (χ1v) is 12.8. The van der Waals surface area contributed by atoms with Gasteiger partial charge in [0.2, 0.25) is 21.8 Å². The highest BCUT2D eigenvalue weighted by molar-refractivity contribution is 7.92. The van der Waals surface area contributed by atoms with E-state index in [1.165, 1.54) is 30.1 Å². The number of carbonyl (C=O) groups excluding carboxylic acids is 2. The quantitative estimate of drug-likeness (QED) is 0.514. The molecule has 10 heteroatoms. The minimum atomic E-state index is -3.76. The molecule has 33 heavy (non-hydrogen) atoms. The molecule has 0 aromatic heterocycles. The lowest BCUT2D eigenvalue weighted by atomic mass is 10.1. The molecule has 7 nitrogen and oxygen atoms in total. The highest BCUT2D eigenvalue weighted by Gasteiger charge is 2.28. The van der Waals surface area contributed by atoms with Gasteiger partial charge in [-0.1, -0.05) is 42.8 Å². The van der Waals surface area contributed by atoms with Crippen LogP contribution < -0.4 is 9.62 Å². The van der Waals surface area contributed by atoms with Gasteiger partial charge in [-0.2, -0.15) is 0 Å². The first-order chi connectivity index (χ1) is 15.6. The summed E-state index contributed by atoms with van der Waals surface area (Å²) in [5.41, 5.74) is 0.737. The van der Waals surface area contributed by atoms with E-state index in [0.29, 0.717) is 11.4 Å². The summed E-state index contributed by atoms with van der Waals surface area (Å²) in [7, 11) is -2.25. The van der Waals surface area contributed by atoms with E-state index >= 15 is 0 Å². The summed E-state index contributed by atoms with van der Waals surface area (Å²) in [5.74, 6) is -1.25. The van der Waals surface area contributed by atoms with Crippen LogP contribution in [0.15, 0.2) is 48.5 Å². The van der Waals surface area contributed by atoms with Gasteiger partial charge in [0.05, 0.1) is 11.9 Å². The van der Waals surface area contributed by atoms with Crippen molar-refractivity contribution >= 4 is 39.1 Å². The Kier molecular flexibility index (Phi) is 9.67. The number of rotatable bonds is 11. The van der Waals surface area contributed by atoms with Crippen molar-refractivity contribution in [3.63, 3.8) is 0 Å². The molecule has 2 rings (SSSR count). The van der Waals surface area contributed by atoms with Gasteiger partial charge < -0.3 is 10.2 Å². The molecule has 0 radical (unpaired) electrons. The van der Waals surface area contributed by atoms with Crippen molar-refractivity contribution in [1.82, 2.24) is 10.2 Å². The smallest absolute Gasteiger partial charge is 0.242 e. The number of carbonyl (C=O) groups is 2. The van der Waals surface area contributed by atoms with Gasteiger partial charge in [0.15, 0.2) is 0 Å². The normalized spacial score (nSPS) is 12.2. The van der Waals surface area contributed by atoms with Crippen LogP contribution in [-0.2, 0) is 26.2 Å². The molecule has 180 valence electrons. The molecule has 2 aromatic carbocycles. The summed E-state index contributed by atoms with van der Waals surface area (Å²) in [5, 5.41) is 3.14. The van der Waals surface area contributed by atoms with Crippen molar-refractivity contribution < 1.29 is 22.4 Å². The zero-order valence-electron chi connectivity index (χ0n) is 18.9. The van der Waals surface area contributed by atoms with Gasteiger partial charge in [-0.05, 0) is 42.7 Å². The van der Waals surface area contributed by atoms with Crippen LogP contribution in [-0.4, -0.2) is 51.0 Å². The summed E-state index contributed by atoms with van der Waals surface area (Å²) in [4.78, 5) is 27.0. The lowest BCUT2D eigenvalue weighted by molar-refractivity contribution is -0.141. The molecule has 0 heterocycles. The molecule has 0 aliphatic carbocycles. The van der Waals surface area contributed by atoms with Crippen LogP contribution in [0, 0.1) is 5.82 Å². The van der Waals surface area contributed by atoms with Crippen LogP contribution >= 0.6 is 11.6 Å². The average Bonchev–Trinajstić information content (AvgIpc) is 2.77. The standard InChI is InChI=1S/C23H29ClFN3O4S/c1-4-20(23(30)26-2)27(16-17-11-13-18(24)14-12-17)22(29)10-7-15-28(33(3,31)32)21-9-6-5-8-19(21)25/h5-6,8-9,11-14,20H,4,7,10,15-16H2,1-3H3,(H,26,30)/t20-/m1/s1. The zero-order chi connectivity index (χ0) is 24.6. The molecule has 0 bridgehead atoms. The number of nitrogens with zero attached hydrogens (tertiary/aromatic N) is 2. The minimum Gasteiger partial charge on any atom is -0.357 e. The summed E-state index contributed by atoms with van der Waals surface area (Å²) < 4.78 is 39.6. The van der Waals surface area contributed by atoms with E-state index in [4.69, 9.17) is 11.6 Å². The van der Waals surface area contributed by atoms with E-state index in [2.05, 4.69) is 5.32 Å². The number of halogens is 2. The number of para-hydroxylation sites is 1. The molecule has 0 spiro atoms. The molecule has 0 fully saturated rings. The second-order valence-electron chi connectivity index (χ2n) is 7.58. The monoisotopic (exact) mass is 497 g/mol. The Hall–Kier alpha value is -2.65. The van der Waals surface area contributed by atoms with Crippen molar-refractivity contribution in [1.29, 1.82) is 0 Å². The summed E-state index contributed by atoms with van der Waals surface area (Å²) in [6.07, 6.45) is 1.54. The van der Waals surface area contributed by atoms with Crippen LogP contribution in [0.2, 0.25) is 5.02 Å². The van der Waals surface area contributed by atoms with E-state index in [0.717, 1.165) is 16.1 Å². The molecule has 0 saturated carbocycles. The Morgan fingerprint density at radius 1 is 1.12 bits per heavy atom. The third-order valence-electron chi connectivity index (χ3n) is 5.17. The number of benzene rings is 2. The van der Waals surface area contributed by atoms with Crippen molar-refractivity contribution in [2.24, 2.45) is 0 Å². The average molecular weight is 498 g/mol. The van der Waals surface area contributed by atoms with Crippen LogP contribution in [0.5, 0.6) is 0 Å². The van der Waals surface area contributed by atoms with Crippen LogP contribution in [0.1, 0.15) is 31.7 Å². The fraction of sp³-hybridized carbons (Fsp3) is 0.391. The largest absolute Gasteiger partial charge is 0.357 e. The second kappa shape index (κ2) is 12.0. The van der Waals surface area contributed by atoms with Crippen molar-refractivity contribution in [3.05, 3.63) is 64.9 Å². The lowest BCUT2D eigenvalue weighted by Crippen LogP contribution is -2.48. The Morgan fingerprint density at radius 2 is 1.76 bits per heavy atom. The predicted molar refractivity (Wildman–Crippen MR) is 128 cm³/mol. The van der Waals surface area contributed by atoms with Gasteiger partial charge in [0.1, 0.15) is 11.9 Å². The first kappa shape index (κ1) is 26.6. The SMILES string of the molecule is CC[C@H](C(=O)NC)N(Cc1ccc(Cl)cc1)C(=O)CCCN(c1ccccc1F)S(C)(=O)=O. The molecular formula is C23H29ClFN3O4S. The number of nitrogens with one attached hydrogen (secondary N) is 1. The van der Waals surface area contributed by atoms with Gasteiger partial charge in [0, 0.05) is 31.6 Å². The third kappa shape index (κ3) is 7.43. The van der Waals surface area contributed by atoms with Crippen LogP contribution in [0.4, 0.5) is 10.1 Å². The molecule has 0 saturated heterocycles. The summed E-state index contributed by atoms with van der Waals surface area (Å²) >= 11 is 5.94. The molecule has 1 N–H and O–H groups in total. The van der Waals surface area contributed by atoms with E-state index < -0.39 is 21.9 Å². The zero-order valence-corrected chi connectivity index (χ0v) is 20.5. The molecule has 0 unspecified atom stereocenters. The fourth-order valence-corrected chi connectivity index (χ4v) is 4.60. The number of sulfonamides is 1. The number of anilines is 1. The molecule has 2 amide bonds. The van der Waals surface area contributed by atoms with Gasteiger partial charge in [-0.3, -0.25) is 13.9 Å². The maximum absolute atomic E-state index is 14.2. The van der Waals surface area contributed by atoms with E-state index in [9.17, 15) is 22.4 Å². The second-order valence-corrected chi connectivity index (χ2v) is 9.92. The Morgan fingerprint density at radius 3 is 2.30 bits per heavy atom. The van der Waals surface area contributed by atoms with Crippen LogP contribution in [0.25, 0.3) is 0 Å². The Balaban J connectivity index is 2.19. The molecule has 2 aromatic rings. The number of hydrogen-bond acceptors (Lipinski definition) is 4. The number of hydrogen-bond donors (Lipinski definition) is 1. The molecule has 0 aliphatic rings. The Bertz CT molecular complexity index is 1060. The van der Waals surface area contributed by atoms with Gasteiger partial charge in [0.25, 0.3) is 0 Å². The topological polar surface area (TPSA) is 86.8 Å². The van der Waals surface area contributed by atoms with Crippen LogP contribution in [0.3, 0.4) is 0 Å². The Labute approximate surface area is 199 Å². The van der Waals surface area contributed by atoms with E-state index in [-0.39, 0.29) is 43.4 Å². The lowest BCUT2D eigenvalue weighted by Gasteiger charge is -2.30. The van der Waals surface area contributed by atoms with Crippen molar-refractivity contribution in [2.75, 3.05) is 24.2 Å². The number of likely N-dealkylation sites (N-methyl/N-ethyl adjacent to an activating group) is 1. The maximum atomic E-state index is 14.2. The van der Waals surface area contributed by atoms with Crippen molar-refractivity contribution in [2.45, 2.75) is 38.8 Å². The summed E-state index contributed by atoms with van der Waals surface area (Å²) in [6.45, 7) is 1.94. The predicted octanol–water partition coefficient (Wildman–Crippen LogP) is 3.58. The molecule has 0 aliphatic heterocycles.